The van der Waals surface area contributed by atoms with E-state index in [9.17, 15) is 4.79 Å². The number of halogens is 1. The Morgan fingerprint density at radius 1 is 1.26 bits per heavy atom. The summed E-state index contributed by atoms with van der Waals surface area (Å²) in [4.78, 5) is 11.7. The Hall–Kier alpha value is -2.54. The zero-order valence-electron chi connectivity index (χ0n) is 12.0. The number of para-hydroxylation sites is 1. The topological polar surface area (TPSA) is 69.2 Å². The Labute approximate surface area is 141 Å². The van der Waals surface area contributed by atoms with Crippen molar-refractivity contribution in [1.29, 1.82) is 0 Å². The number of hydrogen-bond donors (Lipinski definition) is 1. The van der Waals surface area contributed by atoms with Crippen molar-refractivity contribution in [2.24, 2.45) is 5.10 Å². The van der Waals surface area contributed by atoms with Crippen LogP contribution < -0.4 is 19.6 Å². The third kappa shape index (κ3) is 4.01. The van der Waals surface area contributed by atoms with Gasteiger partial charge in [-0.15, -0.1) is 0 Å². The van der Waals surface area contributed by atoms with Gasteiger partial charge in [-0.2, -0.15) is 5.10 Å². The molecule has 2 aromatic rings. The van der Waals surface area contributed by atoms with E-state index in [0.717, 1.165) is 10.0 Å². The molecule has 118 valence electrons. The van der Waals surface area contributed by atoms with Crippen molar-refractivity contribution >= 4 is 28.1 Å². The molecule has 0 aromatic heterocycles. The molecule has 1 aliphatic rings. The number of fused-ring (bicyclic) bond motifs is 1. The van der Waals surface area contributed by atoms with Crippen LogP contribution in [0.5, 0.6) is 17.2 Å². The van der Waals surface area contributed by atoms with Crippen LogP contribution in [0.4, 0.5) is 0 Å². The molecule has 1 heterocycles. The van der Waals surface area contributed by atoms with Crippen molar-refractivity contribution in [3.8, 4) is 17.2 Å². The minimum Gasteiger partial charge on any atom is -0.483 e. The van der Waals surface area contributed by atoms with Gasteiger partial charge in [0.15, 0.2) is 18.1 Å². The van der Waals surface area contributed by atoms with E-state index in [1.165, 1.54) is 6.21 Å². The predicted octanol–water partition coefficient (Wildman–Crippen LogP) is 2.71. The van der Waals surface area contributed by atoms with Gasteiger partial charge in [-0.25, -0.2) is 5.43 Å². The van der Waals surface area contributed by atoms with E-state index in [0.29, 0.717) is 17.2 Å². The Morgan fingerprint density at radius 3 is 2.96 bits per heavy atom. The monoisotopic (exact) mass is 376 g/mol. The lowest BCUT2D eigenvalue weighted by Crippen LogP contribution is -2.24. The molecule has 1 amide bonds. The summed E-state index contributed by atoms with van der Waals surface area (Å²) in [6.07, 6.45) is 1.53. The number of rotatable bonds is 5. The van der Waals surface area contributed by atoms with Gasteiger partial charge in [-0.3, -0.25) is 4.79 Å². The number of hydrazone groups is 1. The fraction of sp³-hybridized carbons (Fsp3) is 0.125. The van der Waals surface area contributed by atoms with Crippen molar-refractivity contribution in [2.45, 2.75) is 0 Å². The van der Waals surface area contributed by atoms with E-state index in [-0.39, 0.29) is 19.3 Å². The Morgan fingerprint density at radius 2 is 2.09 bits per heavy atom. The SMILES string of the molecule is O=C(COc1ccccc1Br)N/N=C\c1ccc2c(c1)OCO2. The number of nitrogens with one attached hydrogen (secondary N) is 1. The molecule has 2 aromatic carbocycles. The second-order valence-corrected chi connectivity index (χ2v) is 5.48. The summed E-state index contributed by atoms with van der Waals surface area (Å²) in [5, 5.41) is 3.89. The van der Waals surface area contributed by atoms with Crippen molar-refractivity contribution in [2.75, 3.05) is 13.4 Å². The van der Waals surface area contributed by atoms with Crippen LogP contribution in [-0.4, -0.2) is 25.5 Å². The third-order valence-electron chi connectivity index (χ3n) is 2.99. The highest BCUT2D eigenvalue weighted by molar-refractivity contribution is 9.10. The molecule has 1 aliphatic heterocycles. The van der Waals surface area contributed by atoms with Crippen LogP contribution in [0.15, 0.2) is 52.0 Å². The standard InChI is InChI=1S/C16H13BrN2O4/c17-12-3-1-2-4-13(12)21-9-16(20)19-18-8-11-5-6-14-15(7-11)23-10-22-14/h1-8H,9-10H2,(H,19,20)/b18-8-. The Balaban J connectivity index is 1.50. The Kier molecular flexibility index (Phi) is 4.77. The van der Waals surface area contributed by atoms with E-state index in [1.807, 2.05) is 24.3 Å². The highest BCUT2D eigenvalue weighted by Crippen LogP contribution is 2.31. The summed E-state index contributed by atoms with van der Waals surface area (Å²) in [5.41, 5.74) is 3.20. The highest BCUT2D eigenvalue weighted by atomic mass is 79.9. The molecule has 1 N–H and O–H groups in total. The predicted molar refractivity (Wildman–Crippen MR) is 87.9 cm³/mol. The molecule has 0 aliphatic carbocycles. The Bertz CT molecular complexity index is 749. The largest absolute Gasteiger partial charge is 0.483 e. The summed E-state index contributed by atoms with van der Waals surface area (Å²) in [7, 11) is 0. The van der Waals surface area contributed by atoms with Crippen LogP contribution in [-0.2, 0) is 4.79 Å². The van der Waals surface area contributed by atoms with Gasteiger partial charge in [0.2, 0.25) is 6.79 Å². The summed E-state index contributed by atoms with van der Waals surface area (Å²) >= 11 is 3.35. The average Bonchev–Trinajstić information content (AvgIpc) is 3.02. The highest BCUT2D eigenvalue weighted by Gasteiger charge is 2.12. The second-order valence-electron chi connectivity index (χ2n) is 4.62. The molecule has 0 unspecified atom stereocenters. The van der Waals surface area contributed by atoms with Gasteiger partial charge in [0, 0.05) is 0 Å². The van der Waals surface area contributed by atoms with Crippen molar-refractivity contribution in [3.05, 3.63) is 52.5 Å². The molecule has 6 nitrogen and oxygen atoms in total. The summed E-state index contributed by atoms with van der Waals surface area (Å²) < 4.78 is 16.7. The van der Waals surface area contributed by atoms with Gasteiger partial charge in [0.05, 0.1) is 10.7 Å². The molecule has 0 bridgehead atoms. The minimum absolute atomic E-state index is 0.124. The number of carbonyl (C=O) groups excluding carboxylic acids is 1. The smallest absolute Gasteiger partial charge is 0.277 e. The van der Waals surface area contributed by atoms with Gasteiger partial charge < -0.3 is 14.2 Å². The van der Waals surface area contributed by atoms with Crippen LogP contribution in [0.2, 0.25) is 0 Å². The first kappa shape index (κ1) is 15.4. The first-order valence-corrected chi connectivity index (χ1v) is 7.60. The molecule has 3 rings (SSSR count). The second kappa shape index (κ2) is 7.15. The van der Waals surface area contributed by atoms with E-state index in [4.69, 9.17) is 14.2 Å². The van der Waals surface area contributed by atoms with Gasteiger partial charge in [-0.1, -0.05) is 12.1 Å². The van der Waals surface area contributed by atoms with Crippen molar-refractivity contribution in [3.63, 3.8) is 0 Å². The summed E-state index contributed by atoms with van der Waals surface area (Å²) in [6, 6.07) is 12.7. The molecule has 0 saturated heterocycles. The van der Waals surface area contributed by atoms with Gasteiger partial charge >= 0.3 is 0 Å². The number of hydrogen-bond acceptors (Lipinski definition) is 5. The van der Waals surface area contributed by atoms with Crippen LogP contribution >= 0.6 is 15.9 Å². The van der Waals surface area contributed by atoms with E-state index < -0.39 is 0 Å². The van der Waals surface area contributed by atoms with Gasteiger partial charge in [0.25, 0.3) is 5.91 Å². The fourth-order valence-electron chi connectivity index (χ4n) is 1.91. The fourth-order valence-corrected chi connectivity index (χ4v) is 2.31. The number of carbonyl (C=O) groups is 1. The summed E-state index contributed by atoms with van der Waals surface area (Å²) in [6.45, 7) is 0.0974. The van der Waals surface area contributed by atoms with E-state index >= 15 is 0 Å². The average molecular weight is 377 g/mol. The lowest BCUT2D eigenvalue weighted by Gasteiger charge is -2.06. The normalized spacial score (nSPS) is 12.4. The van der Waals surface area contributed by atoms with Crippen LogP contribution in [0.25, 0.3) is 0 Å². The summed E-state index contributed by atoms with van der Waals surface area (Å²) in [5.74, 6) is 1.62. The minimum atomic E-state index is -0.349. The van der Waals surface area contributed by atoms with Crippen molar-refractivity contribution in [1.82, 2.24) is 5.43 Å². The zero-order chi connectivity index (χ0) is 16.1. The first-order valence-electron chi connectivity index (χ1n) is 6.81. The van der Waals surface area contributed by atoms with E-state index in [2.05, 4.69) is 26.5 Å². The molecule has 23 heavy (non-hydrogen) atoms. The maximum Gasteiger partial charge on any atom is 0.277 e. The van der Waals surface area contributed by atoms with Crippen LogP contribution in [0.1, 0.15) is 5.56 Å². The van der Waals surface area contributed by atoms with Crippen LogP contribution in [0, 0.1) is 0 Å². The van der Waals surface area contributed by atoms with Crippen molar-refractivity contribution < 1.29 is 19.0 Å². The van der Waals surface area contributed by atoms with Gasteiger partial charge in [-0.05, 0) is 51.8 Å². The maximum absolute atomic E-state index is 11.7. The number of ether oxygens (including phenoxy) is 3. The third-order valence-corrected chi connectivity index (χ3v) is 3.65. The maximum atomic E-state index is 11.7. The molecule has 0 spiro atoms. The quantitative estimate of drug-likeness (QED) is 0.643. The van der Waals surface area contributed by atoms with Gasteiger partial charge in [0.1, 0.15) is 5.75 Å². The lowest BCUT2D eigenvalue weighted by molar-refractivity contribution is -0.123. The molecule has 0 atom stereocenters. The molecule has 0 fully saturated rings. The zero-order valence-corrected chi connectivity index (χ0v) is 13.6. The molecule has 0 radical (unpaired) electrons. The molecular weight excluding hydrogens is 364 g/mol. The lowest BCUT2D eigenvalue weighted by atomic mass is 10.2. The molecule has 0 saturated carbocycles. The van der Waals surface area contributed by atoms with E-state index in [1.54, 1.807) is 18.2 Å². The first-order chi connectivity index (χ1) is 11.2. The molecule has 7 heteroatoms. The molecular formula is C16H13BrN2O4. The number of nitrogens with zero attached hydrogens (tertiary/aromatic N) is 1. The number of benzene rings is 2. The number of amides is 1. The van der Waals surface area contributed by atoms with Crippen LogP contribution in [0.3, 0.4) is 0 Å².